The molecule has 0 amide bonds. The topological polar surface area (TPSA) is 104 Å². The Hall–Kier alpha value is -1.93. The lowest BCUT2D eigenvalue weighted by atomic mass is 10.4. The van der Waals surface area contributed by atoms with Crippen LogP contribution in [0.25, 0.3) is 0 Å². The van der Waals surface area contributed by atoms with E-state index >= 15 is 0 Å². The highest BCUT2D eigenvalue weighted by Crippen LogP contribution is 2.34. The quantitative estimate of drug-likeness (QED) is 0.663. The fourth-order valence-electron chi connectivity index (χ4n) is 1.18. The summed E-state index contributed by atoms with van der Waals surface area (Å²) >= 11 is 6.46. The summed E-state index contributed by atoms with van der Waals surface area (Å²) in [4.78, 5) is 21.9. The van der Waals surface area contributed by atoms with Gasteiger partial charge in [-0.3, -0.25) is 14.9 Å². The summed E-state index contributed by atoms with van der Waals surface area (Å²) in [6, 6.07) is 2.55. The molecule has 2 heterocycles. The summed E-state index contributed by atoms with van der Waals surface area (Å²) in [6.45, 7) is 0. The van der Waals surface area contributed by atoms with Crippen molar-refractivity contribution in [1.82, 2.24) is 9.78 Å². The summed E-state index contributed by atoms with van der Waals surface area (Å²) in [6.07, 6.45) is 1.36. The first kappa shape index (κ1) is 11.6. The van der Waals surface area contributed by atoms with E-state index in [2.05, 4.69) is 5.10 Å². The zero-order valence-corrected chi connectivity index (χ0v) is 9.73. The van der Waals surface area contributed by atoms with Crippen LogP contribution in [0.3, 0.4) is 0 Å². The number of rotatable bonds is 2. The maximum Gasteiger partial charge on any atom is 0.299 e. The Morgan fingerprint density at radius 3 is 2.82 bits per heavy atom. The molecule has 88 valence electrons. The molecule has 0 aliphatic heterocycles. The Morgan fingerprint density at radius 2 is 2.35 bits per heavy atom. The number of hydrogen-bond acceptors (Lipinski definition) is 6. The number of carbonyl (C=O) groups excluding carboxylic acids is 1. The molecule has 17 heavy (non-hydrogen) atoms. The predicted octanol–water partition coefficient (Wildman–Crippen LogP) is 1.78. The lowest BCUT2D eigenvalue weighted by Gasteiger charge is -1.98. The first-order valence-electron chi connectivity index (χ1n) is 4.28. The van der Waals surface area contributed by atoms with Crippen LogP contribution in [-0.4, -0.2) is 20.6 Å². The van der Waals surface area contributed by atoms with Gasteiger partial charge in [-0.15, -0.1) is 11.3 Å². The van der Waals surface area contributed by atoms with Crippen LogP contribution in [0.1, 0.15) is 9.67 Å². The summed E-state index contributed by atoms with van der Waals surface area (Å²) < 4.78 is 0.899. The van der Waals surface area contributed by atoms with Crippen molar-refractivity contribution < 1.29 is 9.72 Å². The maximum atomic E-state index is 11.9. The molecule has 2 rings (SSSR count). The minimum Gasteiger partial charge on any atom is -0.383 e. The molecule has 0 spiro atoms. The van der Waals surface area contributed by atoms with E-state index in [1.54, 1.807) is 0 Å². The number of thiophene rings is 1. The maximum absolute atomic E-state index is 11.9. The minimum absolute atomic E-state index is 0.0518. The molecule has 0 saturated heterocycles. The van der Waals surface area contributed by atoms with Gasteiger partial charge in [-0.25, -0.2) is 0 Å². The van der Waals surface area contributed by atoms with E-state index < -0.39 is 10.8 Å². The molecule has 9 heteroatoms. The Labute approximate surface area is 104 Å². The van der Waals surface area contributed by atoms with Gasteiger partial charge in [0.05, 0.1) is 11.1 Å². The monoisotopic (exact) mass is 272 g/mol. The number of hydrogen-bond donors (Lipinski definition) is 1. The molecule has 0 radical (unpaired) electrons. The van der Waals surface area contributed by atoms with Crippen LogP contribution in [0.15, 0.2) is 18.3 Å². The van der Waals surface area contributed by atoms with Crippen molar-refractivity contribution in [3.63, 3.8) is 0 Å². The van der Waals surface area contributed by atoms with Crippen LogP contribution < -0.4 is 5.73 Å². The smallest absolute Gasteiger partial charge is 0.299 e. The highest BCUT2D eigenvalue weighted by molar-refractivity contribution is 7.18. The molecule has 0 aliphatic carbocycles. The van der Waals surface area contributed by atoms with Gasteiger partial charge in [0, 0.05) is 12.1 Å². The standard InChI is InChI=1S/C8H5ClN4O3S/c9-7-4(13(15)16)3-5(17-7)8(14)12-6(10)1-2-11-12/h1-3H,10H2. The number of aromatic nitrogens is 2. The number of nitrogens with two attached hydrogens (primary N) is 1. The molecule has 0 saturated carbocycles. The SMILES string of the molecule is Nc1ccnn1C(=O)c1cc([N+](=O)[O-])c(Cl)s1. The molecule has 0 bridgehead atoms. The zero-order valence-electron chi connectivity index (χ0n) is 8.16. The van der Waals surface area contributed by atoms with Crippen LogP contribution in [-0.2, 0) is 0 Å². The third kappa shape index (κ3) is 1.99. The third-order valence-corrected chi connectivity index (χ3v) is 3.27. The van der Waals surface area contributed by atoms with E-state index in [-0.39, 0.29) is 20.7 Å². The summed E-state index contributed by atoms with van der Waals surface area (Å²) in [5, 5.41) is 14.3. The van der Waals surface area contributed by atoms with Crippen molar-refractivity contribution in [2.24, 2.45) is 0 Å². The second kappa shape index (κ2) is 4.15. The fraction of sp³-hybridized carbons (Fsp3) is 0. The molecule has 7 nitrogen and oxygen atoms in total. The van der Waals surface area contributed by atoms with Gasteiger partial charge in [0.1, 0.15) is 10.7 Å². The van der Waals surface area contributed by atoms with Gasteiger partial charge in [0.25, 0.3) is 11.6 Å². The van der Waals surface area contributed by atoms with Gasteiger partial charge in [-0.1, -0.05) is 11.6 Å². The Balaban J connectivity index is 2.42. The van der Waals surface area contributed by atoms with E-state index in [0.717, 1.165) is 22.1 Å². The van der Waals surface area contributed by atoms with Crippen LogP contribution in [0.4, 0.5) is 11.5 Å². The number of halogens is 1. The Morgan fingerprint density at radius 1 is 1.65 bits per heavy atom. The number of nitrogen functional groups attached to an aromatic ring is 1. The van der Waals surface area contributed by atoms with E-state index in [1.807, 2.05) is 0 Å². The molecule has 0 aromatic carbocycles. The van der Waals surface area contributed by atoms with Crippen molar-refractivity contribution in [1.29, 1.82) is 0 Å². The van der Waals surface area contributed by atoms with Crippen molar-refractivity contribution >= 4 is 40.4 Å². The summed E-state index contributed by atoms with van der Waals surface area (Å²) in [5.74, 6) is -0.394. The molecule has 0 unspecified atom stereocenters. The lowest BCUT2D eigenvalue weighted by molar-refractivity contribution is -0.384. The normalized spacial score (nSPS) is 10.4. The second-order valence-electron chi connectivity index (χ2n) is 3.00. The fourth-order valence-corrected chi connectivity index (χ4v) is 2.33. The van der Waals surface area contributed by atoms with E-state index in [4.69, 9.17) is 17.3 Å². The number of nitro groups is 1. The van der Waals surface area contributed by atoms with Crippen LogP contribution in [0, 0.1) is 10.1 Å². The highest BCUT2D eigenvalue weighted by atomic mass is 35.5. The highest BCUT2D eigenvalue weighted by Gasteiger charge is 2.22. The number of anilines is 1. The van der Waals surface area contributed by atoms with Crippen molar-refractivity contribution in [3.05, 3.63) is 37.7 Å². The molecule has 0 fully saturated rings. The lowest BCUT2D eigenvalue weighted by Crippen LogP contribution is -2.14. The van der Waals surface area contributed by atoms with Gasteiger partial charge in [0.2, 0.25) is 0 Å². The number of nitrogens with zero attached hydrogens (tertiary/aromatic N) is 3. The van der Waals surface area contributed by atoms with Gasteiger partial charge in [0.15, 0.2) is 4.34 Å². The van der Waals surface area contributed by atoms with E-state index in [1.165, 1.54) is 12.3 Å². The Bertz CT molecular complexity index is 606. The molecular formula is C8H5ClN4O3S. The molecule has 0 aliphatic rings. The van der Waals surface area contributed by atoms with Gasteiger partial charge in [-0.05, 0) is 0 Å². The number of carbonyl (C=O) groups is 1. The van der Waals surface area contributed by atoms with E-state index in [0.29, 0.717) is 0 Å². The van der Waals surface area contributed by atoms with E-state index in [9.17, 15) is 14.9 Å². The minimum atomic E-state index is -0.651. The predicted molar refractivity (Wildman–Crippen MR) is 62.4 cm³/mol. The molecule has 2 aromatic heterocycles. The summed E-state index contributed by atoms with van der Waals surface area (Å²) in [5.41, 5.74) is 5.20. The largest absolute Gasteiger partial charge is 0.383 e. The van der Waals surface area contributed by atoms with Crippen molar-refractivity contribution in [3.8, 4) is 0 Å². The van der Waals surface area contributed by atoms with Crippen molar-refractivity contribution in [2.75, 3.05) is 5.73 Å². The average Bonchev–Trinajstić information content (AvgIpc) is 2.83. The first-order chi connectivity index (χ1) is 8.00. The summed E-state index contributed by atoms with van der Waals surface area (Å²) in [7, 11) is 0. The van der Waals surface area contributed by atoms with Gasteiger partial charge >= 0.3 is 0 Å². The molecule has 2 aromatic rings. The van der Waals surface area contributed by atoms with Crippen LogP contribution in [0.5, 0.6) is 0 Å². The first-order valence-corrected chi connectivity index (χ1v) is 5.48. The molecule has 2 N–H and O–H groups in total. The van der Waals surface area contributed by atoms with Gasteiger partial charge in [-0.2, -0.15) is 9.78 Å². The molecule has 0 atom stereocenters. The average molecular weight is 273 g/mol. The van der Waals surface area contributed by atoms with Gasteiger partial charge < -0.3 is 5.73 Å². The van der Waals surface area contributed by atoms with Crippen LogP contribution in [0.2, 0.25) is 4.34 Å². The third-order valence-electron chi connectivity index (χ3n) is 1.94. The van der Waals surface area contributed by atoms with Crippen molar-refractivity contribution in [2.45, 2.75) is 0 Å². The Kier molecular flexibility index (Phi) is 2.82. The molecular weight excluding hydrogens is 268 g/mol. The second-order valence-corrected chi connectivity index (χ2v) is 4.65. The van der Waals surface area contributed by atoms with Crippen LogP contribution >= 0.6 is 22.9 Å². The zero-order chi connectivity index (χ0) is 12.6.